The largest absolute Gasteiger partial charge is 0.462 e. The van der Waals surface area contributed by atoms with Crippen molar-refractivity contribution >= 4 is 35.2 Å². The molecular formula is C44H44N2O2. The van der Waals surface area contributed by atoms with E-state index in [4.69, 9.17) is 9.84 Å². The van der Waals surface area contributed by atoms with Crippen molar-refractivity contribution in [2.75, 3.05) is 11.6 Å². The molecule has 4 nitrogen and oxygen atoms in total. The molecule has 1 aliphatic carbocycles. The zero-order valence-corrected chi connectivity index (χ0v) is 27.9. The minimum atomic E-state index is -0.268. The Bertz CT molecular complexity index is 1840. The topological polar surface area (TPSA) is 41.9 Å². The molecule has 242 valence electrons. The van der Waals surface area contributed by atoms with Crippen LogP contribution in [0.25, 0.3) is 23.3 Å². The molecule has 5 aromatic carbocycles. The monoisotopic (exact) mass is 632 g/mol. The van der Waals surface area contributed by atoms with E-state index in [1.54, 1.807) is 0 Å². The van der Waals surface area contributed by atoms with Gasteiger partial charge in [0.25, 0.3) is 0 Å². The molecule has 0 saturated heterocycles. The molecule has 0 heterocycles. The molecule has 0 fully saturated rings. The van der Waals surface area contributed by atoms with Crippen molar-refractivity contribution in [1.29, 1.82) is 0 Å². The number of ether oxygens (including phenoxy) is 1. The summed E-state index contributed by atoms with van der Waals surface area (Å²) in [5, 5.41) is 7.31. The predicted octanol–water partition coefficient (Wildman–Crippen LogP) is 11.7. The molecule has 4 heteroatoms. The SMILES string of the molecule is CCCCCCCCCCOC(=O)c1ccc2c(c1)-c1ccccc1/C2=N/N(c1ccccc1)c1ccc(/C=C/c2ccccc2)cc1. The van der Waals surface area contributed by atoms with E-state index in [1.807, 2.05) is 71.7 Å². The van der Waals surface area contributed by atoms with Crippen molar-refractivity contribution in [2.45, 2.75) is 58.3 Å². The number of benzene rings is 5. The van der Waals surface area contributed by atoms with Gasteiger partial charge in [0.05, 0.1) is 29.3 Å². The van der Waals surface area contributed by atoms with Crippen LogP contribution in [0.1, 0.15) is 90.9 Å². The highest BCUT2D eigenvalue weighted by atomic mass is 16.5. The fraction of sp³-hybridized carbons (Fsp3) is 0.227. The molecule has 0 amide bonds. The number of carbonyl (C=O) groups excluding carboxylic acids is 1. The van der Waals surface area contributed by atoms with Crippen molar-refractivity contribution < 1.29 is 9.53 Å². The number of hydrazone groups is 1. The van der Waals surface area contributed by atoms with Crippen LogP contribution in [-0.2, 0) is 4.74 Å². The number of nitrogens with zero attached hydrogens (tertiary/aromatic N) is 2. The van der Waals surface area contributed by atoms with Crippen molar-refractivity contribution in [3.8, 4) is 11.1 Å². The number of para-hydroxylation sites is 1. The van der Waals surface area contributed by atoms with E-state index in [2.05, 4.69) is 79.7 Å². The van der Waals surface area contributed by atoms with E-state index in [0.717, 1.165) is 63.3 Å². The summed E-state index contributed by atoms with van der Waals surface area (Å²) in [6, 6.07) is 43.1. The van der Waals surface area contributed by atoms with Crippen LogP contribution in [0, 0.1) is 0 Å². The van der Waals surface area contributed by atoms with Gasteiger partial charge in [-0.2, -0.15) is 5.10 Å². The fourth-order valence-corrected chi connectivity index (χ4v) is 6.18. The standard InChI is InChI=1S/C44H44N2O2/c1-2-3-4-5-6-7-8-17-32-48-44(47)36-28-31-41-42(33-36)39-22-15-16-23-40(39)43(41)45-46(37-20-13-10-14-21-37)38-29-26-35(27-30-38)25-24-34-18-11-9-12-19-34/h9-16,18-31,33H,2-8,17,32H2,1H3/b25-24+,45-43-. The number of unbranched alkanes of at least 4 members (excludes halogenated alkanes) is 7. The molecule has 0 bridgehead atoms. The maximum atomic E-state index is 13.1. The summed E-state index contributed by atoms with van der Waals surface area (Å²) >= 11 is 0. The highest BCUT2D eigenvalue weighted by molar-refractivity contribution is 6.25. The molecule has 0 spiro atoms. The first-order valence-corrected chi connectivity index (χ1v) is 17.4. The second-order valence-corrected chi connectivity index (χ2v) is 12.3. The summed E-state index contributed by atoms with van der Waals surface area (Å²) in [5.41, 5.74) is 9.75. The van der Waals surface area contributed by atoms with E-state index in [0.29, 0.717) is 12.2 Å². The number of hydrogen-bond donors (Lipinski definition) is 0. The quantitative estimate of drug-likeness (QED) is 0.0489. The van der Waals surface area contributed by atoms with Gasteiger partial charge in [-0.25, -0.2) is 9.80 Å². The van der Waals surface area contributed by atoms with Gasteiger partial charge in [-0.1, -0.05) is 155 Å². The van der Waals surface area contributed by atoms with Gasteiger partial charge >= 0.3 is 5.97 Å². The zero-order chi connectivity index (χ0) is 33.0. The zero-order valence-electron chi connectivity index (χ0n) is 27.9. The molecule has 6 rings (SSSR count). The Labute approximate surface area is 285 Å². The summed E-state index contributed by atoms with van der Waals surface area (Å²) in [6.07, 6.45) is 13.9. The first-order valence-electron chi connectivity index (χ1n) is 17.4. The van der Waals surface area contributed by atoms with Gasteiger partial charge in [-0.15, -0.1) is 0 Å². The molecule has 1 aliphatic rings. The summed E-state index contributed by atoms with van der Waals surface area (Å²) in [7, 11) is 0. The Morgan fingerprint density at radius 1 is 0.583 bits per heavy atom. The van der Waals surface area contributed by atoms with Crippen LogP contribution < -0.4 is 5.01 Å². The maximum absolute atomic E-state index is 13.1. The number of rotatable bonds is 15. The molecular weight excluding hydrogens is 588 g/mol. The molecule has 0 unspecified atom stereocenters. The van der Waals surface area contributed by atoms with Crippen molar-refractivity contribution in [3.05, 3.63) is 155 Å². The number of anilines is 2. The van der Waals surface area contributed by atoms with E-state index in [-0.39, 0.29) is 5.97 Å². The maximum Gasteiger partial charge on any atom is 0.338 e. The van der Waals surface area contributed by atoms with E-state index in [9.17, 15) is 4.79 Å². The Balaban J connectivity index is 1.22. The lowest BCUT2D eigenvalue weighted by Gasteiger charge is -2.21. The lowest BCUT2D eigenvalue weighted by atomic mass is 10.0. The van der Waals surface area contributed by atoms with E-state index < -0.39 is 0 Å². The summed E-state index contributed by atoms with van der Waals surface area (Å²) in [4.78, 5) is 13.1. The van der Waals surface area contributed by atoms with Crippen LogP contribution in [0.2, 0.25) is 0 Å². The third-order valence-corrected chi connectivity index (χ3v) is 8.82. The number of esters is 1. The summed E-state index contributed by atoms with van der Waals surface area (Å²) in [5.74, 6) is -0.268. The average molecular weight is 633 g/mol. The van der Waals surface area contributed by atoms with Gasteiger partial charge < -0.3 is 4.74 Å². The van der Waals surface area contributed by atoms with Crippen LogP contribution in [0.5, 0.6) is 0 Å². The Kier molecular flexibility index (Phi) is 11.3. The van der Waals surface area contributed by atoms with Crippen molar-refractivity contribution in [2.24, 2.45) is 5.10 Å². The highest BCUT2D eigenvalue weighted by Crippen LogP contribution is 2.39. The number of carbonyl (C=O) groups is 1. The third kappa shape index (κ3) is 8.19. The first-order chi connectivity index (χ1) is 23.7. The average Bonchev–Trinajstić information content (AvgIpc) is 3.45. The fourth-order valence-electron chi connectivity index (χ4n) is 6.18. The second kappa shape index (κ2) is 16.6. The Hall–Kier alpha value is -5.22. The predicted molar refractivity (Wildman–Crippen MR) is 201 cm³/mol. The third-order valence-electron chi connectivity index (χ3n) is 8.82. The first kappa shape index (κ1) is 32.7. The number of fused-ring (bicyclic) bond motifs is 3. The molecule has 0 atom stereocenters. The molecule has 0 aromatic heterocycles. The minimum Gasteiger partial charge on any atom is -0.462 e. The van der Waals surface area contributed by atoms with Crippen molar-refractivity contribution in [1.82, 2.24) is 0 Å². The van der Waals surface area contributed by atoms with Gasteiger partial charge in [0.15, 0.2) is 0 Å². The summed E-state index contributed by atoms with van der Waals surface area (Å²) in [6.45, 7) is 2.70. The van der Waals surface area contributed by atoms with Crippen LogP contribution in [-0.4, -0.2) is 18.3 Å². The normalized spacial score (nSPS) is 12.6. The van der Waals surface area contributed by atoms with Gasteiger partial charge in [0.1, 0.15) is 0 Å². The highest BCUT2D eigenvalue weighted by Gasteiger charge is 2.27. The van der Waals surface area contributed by atoms with Crippen LogP contribution in [0.4, 0.5) is 11.4 Å². The van der Waals surface area contributed by atoms with Gasteiger partial charge in [0, 0.05) is 11.1 Å². The van der Waals surface area contributed by atoms with E-state index >= 15 is 0 Å². The van der Waals surface area contributed by atoms with Crippen molar-refractivity contribution in [3.63, 3.8) is 0 Å². The Morgan fingerprint density at radius 2 is 1.15 bits per heavy atom. The lowest BCUT2D eigenvalue weighted by Crippen LogP contribution is -2.14. The van der Waals surface area contributed by atoms with E-state index in [1.165, 1.54) is 38.5 Å². The molecule has 5 aromatic rings. The molecule has 0 N–H and O–H groups in total. The molecule has 0 aliphatic heterocycles. The second-order valence-electron chi connectivity index (χ2n) is 12.3. The molecule has 48 heavy (non-hydrogen) atoms. The Morgan fingerprint density at radius 3 is 1.85 bits per heavy atom. The lowest BCUT2D eigenvalue weighted by molar-refractivity contribution is 0.0497. The van der Waals surface area contributed by atoms with Crippen LogP contribution in [0.15, 0.2) is 132 Å². The van der Waals surface area contributed by atoms with Gasteiger partial charge in [-0.3, -0.25) is 0 Å². The van der Waals surface area contributed by atoms with Crippen LogP contribution in [0.3, 0.4) is 0 Å². The number of hydrogen-bond acceptors (Lipinski definition) is 4. The van der Waals surface area contributed by atoms with Gasteiger partial charge in [-0.05, 0) is 65.1 Å². The molecule has 0 radical (unpaired) electrons. The summed E-state index contributed by atoms with van der Waals surface area (Å²) < 4.78 is 5.70. The smallest absolute Gasteiger partial charge is 0.338 e. The van der Waals surface area contributed by atoms with Gasteiger partial charge in [0.2, 0.25) is 0 Å². The minimum absolute atomic E-state index is 0.268. The molecule has 0 saturated carbocycles. The van der Waals surface area contributed by atoms with Crippen LogP contribution >= 0.6 is 0 Å².